The molecule has 6 nitrogen and oxygen atoms in total. The molecule has 2 aromatic rings. The molecule has 1 atom stereocenters. The monoisotopic (exact) mass is 434 g/mol. The Hall–Kier alpha value is -2.68. The Bertz CT molecular complexity index is 950. The maximum absolute atomic E-state index is 14.6. The van der Waals surface area contributed by atoms with Gasteiger partial charge in [0.1, 0.15) is 35.5 Å². The van der Waals surface area contributed by atoms with Gasteiger partial charge in [0.15, 0.2) is 5.82 Å². The Kier molecular flexibility index (Phi) is 6.41. The lowest BCUT2D eigenvalue weighted by Gasteiger charge is -2.28. The van der Waals surface area contributed by atoms with Gasteiger partial charge in [0, 0.05) is 25.1 Å². The predicted molar refractivity (Wildman–Crippen MR) is 110 cm³/mol. The van der Waals surface area contributed by atoms with Gasteiger partial charge in [0.2, 0.25) is 5.91 Å². The lowest BCUT2D eigenvalue weighted by atomic mass is 9.86. The number of benzene rings is 1. The molecule has 1 aliphatic heterocycles. The van der Waals surface area contributed by atoms with E-state index in [1.54, 1.807) is 12.0 Å². The maximum atomic E-state index is 14.6. The minimum atomic E-state index is -1.02. The van der Waals surface area contributed by atoms with E-state index in [4.69, 9.17) is 4.74 Å². The highest BCUT2D eigenvalue weighted by Gasteiger charge is 2.31. The number of amides is 1. The Morgan fingerprint density at radius 3 is 2.61 bits per heavy atom. The number of nitrogens with one attached hydrogen (secondary N) is 1. The zero-order chi connectivity index (χ0) is 22.0. The molecule has 1 amide bonds. The number of alkyl halides is 1. The number of hydrogen-bond donors (Lipinski definition) is 1. The fourth-order valence-corrected chi connectivity index (χ4v) is 4.31. The summed E-state index contributed by atoms with van der Waals surface area (Å²) in [5, 5.41) is 2.86. The first-order valence-electron chi connectivity index (χ1n) is 10.5. The molecule has 1 N–H and O–H groups in total. The fourth-order valence-electron chi connectivity index (χ4n) is 4.31. The summed E-state index contributed by atoms with van der Waals surface area (Å²) in [5.74, 6) is -1.46. The molecule has 2 fully saturated rings. The third-order valence-corrected chi connectivity index (χ3v) is 6.07. The number of halogens is 3. The number of aromatic nitrogens is 2. The smallest absolute Gasteiger partial charge is 0.227 e. The maximum Gasteiger partial charge on any atom is 0.227 e. The van der Waals surface area contributed by atoms with Crippen LogP contribution in [-0.4, -0.2) is 48.4 Å². The molecular formula is C22H25F3N4O2. The first kappa shape index (κ1) is 21.5. The lowest BCUT2D eigenvalue weighted by molar-refractivity contribution is -0.121. The molecule has 1 saturated carbocycles. The second-order valence-electron chi connectivity index (χ2n) is 8.08. The molecule has 2 heterocycles. The van der Waals surface area contributed by atoms with E-state index in [9.17, 15) is 18.0 Å². The molecule has 2 aliphatic rings. The van der Waals surface area contributed by atoms with Crippen molar-refractivity contribution < 1.29 is 22.7 Å². The van der Waals surface area contributed by atoms with E-state index >= 15 is 0 Å². The van der Waals surface area contributed by atoms with Gasteiger partial charge in [-0.15, -0.1) is 0 Å². The molecule has 1 aromatic carbocycles. The first-order chi connectivity index (χ1) is 15.0. The van der Waals surface area contributed by atoms with Crippen molar-refractivity contribution in [2.45, 2.75) is 44.4 Å². The average Bonchev–Trinajstić information content (AvgIpc) is 3.21. The normalized spacial score (nSPS) is 23.7. The highest BCUT2D eigenvalue weighted by molar-refractivity contribution is 5.99. The first-order valence-corrected chi connectivity index (χ1v) is 10.5. The van der Waals surface area contributed by atoms with Gasteiger partial charge in [-0.05, 0) is 50.3 Å². The summed E-state index contributed by atoms with van der Waals surface area (Å²) in [6.45, 7) is 0.523. The van der Waals surface area contributed by atoms with Gasteiger partial charge in [-0.1, -0.05) is 0 Å². The second kappa shape index (κ2) is 9.21. The van der Waals surface area contributed by atoms with Crippen LogP contribution in [0.5, 0.6) is 0 Å². The predicted octanol–water partition coefficient (Wildman–Crippen LogP) is 4.11. The minimum absolute atomic E-state index is 0.0724. The summed E-state index contributed by atoms with van der Waals surface area (Å²) in [7, 11) is 1.66. The van der Waals surface area contributed by atoms with Gasteiger partial charge in [0.05, 0.1) is 12.6 Å². The molecule has 0 bridgehead atoms. The van der Waals surface area contributed by atoms with Crippen LogP contribution in [0.3, 0.4) is 0 Å². The topological polar surface area (TPSA) is 67.3 Å². The van der Waals surface area contributed by atoms with Gasteiger partial charge < -0.3 is 15.0 Å². The summed E-state index contributed by atoms with van der Waals surface area (Å²) < 4.78 is 47.7. The van der Waals surface area contributed by atoms with Crippen molar-refractivity contribution in [3.8, 4) is 11.3 Å². The number of carbonyl (C=O) groups is 1. The van der Waals surface area contributed by atoms with Crippen molar-refractivity contribution in [2.24, 2.45) is 5.92 Å². The fraction of sp³-hybridized carbons (Fsp3) is 0.500. The number of carbonyl (C=O) groups excluding carboxylic acids is 1. The van der Waals surface area contributed by atoms with Crippen LogP contribution in [-0.2, 0) is 9.53 Å². The summed E-state index contributed by atoms with van der Waals surface area (Å²) >= 11 is 0. The lowest BCUT2D eigenvalue weighted by Crippen LogP contribution is -2.31. The number of rotatable bonds is 5. The summed E-state index contributed by atoms with van der Waals surface area (Å²) in [6, 6.07) is 3.06. The molecule has 31 heavy (non-hydrogen) atoms. The van der Waals surface area contributed by atoms with E-state index in [1.165, 1.54) is 6.33 Å². The Morgan fingerprint density at radius 2 is 1.94 bits per heavy atom. The van der Waals surface area contributed by atoms with Crippen LogP contribution < -0.4 is 10.2 Å². The number of ether oxygens (including phenoxy) is 1. The van der Waals surface area contributed by atoms with Crippen LogP contribution in [0.4, 0.5) is 24.7 Å². The Morgan fingerprint density at radius 1 is 1.16 bits per heavy atom. The zero-order valence-corrected chi connectivity index (χ0v) is 17.3. The van der Waals surface area contributed by atoms with E-state index in [0.29, 0.717) is 31.6 Å². The third-order valence-electron chi connectivity index (χ3n) is 6.07. The molecule has 9 heteroatoms. The molecule has 0 radical (unpaired) electrons. The van der Waals surface area contributed by atoms with Crippen LogP contribution in [0, 0.1) is 17.6 Å². The van der Waals surface area contributed by atoms with Gasteiger partial charge in [-0.3, -0.25) is 4.79 Å². The summed E-state index contributed by atoms with van der Waals surface area (Å²) in [4.78, 5) is 23.2. The largest absolute Gasteiger partial charge is 0.381 e. The second-order valence-corrected chi connectivity index (χ2v) is 8.08. The SMILES string of the molecule is CO[C@H]1CC[C@H](C(=O)Nc2c(-c3cc(F)ccc3F)ncnc2N2CC[C@H](F)C2)CC1. The quantitative estimate of drug-likeness (QED) is 0.767. The number of anilines is 2. The zero-order valence-electron chi connectivity index (χ0n) is 17.3. The number of methoxy groups -OCH3 is 1. The standard InChI is InChI=1S/C22H25F3N4O2/c1-31-16-5-2-13(3-6-16)22(30)28-20-19(17-10-14(23)4-7-18(17)25)26-12-27-21(20)29-9-8-15(24)11-29/h4,7,10,12-13,15-16H,2-3,5-6,8-9,11H2,1H3,(H,28,30)/t13-,15-,16-/m0/s1. The van der Waals surface area contributed by atoms with E-state index in [1.807, 2.05) is 0 Å². The highest BCUT2D eigenvalue weighted by Crippen LogP contribution is 2.37. The van der Waals surface area contributed by atoms with Crippen molar-refractivity contribution in [1.82, 2.24) is 9.97 Å². The van der Waals surface area contributed by atoms with E-state index in [-0.39, 0.29) is 41.4 Å². The average molecular weight is 434 g/mol. The number of nitrogens with zero attached hydrogens (tertiary/aromatic N) is 3. The van der Waals surface area contributed by atoms with Gasteiger partial charge in [-0.2, -0.15) is 0 Å². The van der Waals surface area contributed by atoms with Crippen LogP contribution in [0.2, 0.25) is 0 Å². The highest BCUT2D eigenvalue weighted by atomic mass is 19.1. The Labute approximate surface area is 178 Å². The van der Waals surface area contributed by atoms with Crippen LogP contribution in [0.25, 0.3) is 11.3 Å². The van der Waals surface area contributed by atoms with E-state index in [2.05, 4.69) is 15.3 Å². The van der Waals surface area contributed by atoms with Crippen LogP contribution >= 0.6 is 0 Å². The summed E-state index contributed by atoms with van der Waals surface area (Å²) in [6.07, 6.45) is 3.55. The molecule has 0 unspecified atom stereocenters. The molecule has 0 spiro atoms. The van der Waals surface area contributed by atoms with Crippen molar-refractivity contribution >= 4 is 17.4 Å². The van der Waals surface area contributed by atoms with Crippen molar-refractivity contribution in [1.29, 1.82) is 0 Å². The molecule has 4 rings (SSSR count). The molecule has 1 aliphatic carbocycles. The summed E-state index contributed by atoms with van der Waals surface area (Å²) in [5.41, 5.74) is 0.168. The molecule has 1 saturated heterocycles. The van der Waals surface area contributed by atoms with Gasteiger partial charge >= 0.3 is 0 Å². The molecular weight excluding hydrogens is 409 g/mol. The van der Waals surface area contributed by atoms with Crippen LogP contribution in [0.1, 0.15) is 32.1 Å². The van der Waals surface area contributed by atoms with E-state index < -0.39 is 17.8 Å². The van der Waals surface area contributed by atoms with E-state index in [0.717, 1.165) is 31.0 Å². The van der Waals surface area contributed by atoms with Crippen molar-refractivity contribution in [3.63, 3.8) is 0 Å². The van der Waals surface area contributed by atoms with Crippen molar-refractivity contribution in [2.75, 3.05) is 30.4 Å². The van der Waals surface area contributed by atoms with Gasteiger partial charge in [-0.25, -0.2) is 23.1 Å². The minimum Gasteiger partial charge on any atom is -0.381 e. The molecule has 166 valence electrons. The van der Waals surface area contributed by atoms with Crippen molar-refractivity contribution in [3.05, 3.63) is 36.2 Å². The number of hydrogen-bond acceptors (Lipinski definition) is 5. The third kappa shape index (κ3) is 4.66. The molecule has 1 aromatic heterocycles. The van der Waals surface area contributed by atoms with Gasteiger partial charge in [0.25, 0.3) is 0 Å². The van der Waals surface area contributed by atoms with Crippen LogP contribution in [0.15, 0.2) is 24.5 Å². The Balaban J connectivity index is 1.69.